The van der Waals surface area contributed by atoms with Gasteiger partial charge < -0.3 is 10.4 Å². The largest absolute Gasteiger partial charge is 0.481 e. The smallest absolute Gasteiger partial charge is 0.303 e. The molecule has 0 bridgehead atoms. The first-order valence-electron chi connectivity index (χ1n) is 11.1. The van der Waals surface area contributed by atoms with E-state index in [1.54, 1.807) is 12.3 Å². The van der Waals surface area contributed by atoms with Gasteiger partial charge in [-0.15, -0.1) is 0 Å². The van der Waals surface area contributed by atoms with Crippen LogP contribution in [0.15, 0.2) is 58.4 Å². The van der Waals surface area contributed by atoms with Gasteiger partial charge in [0.15, 0.2) is 0 Å². The van der Waals surface area contributed by atoms with Gasteiger partial charge in [0.2, 0.25) is 0 Å². The Morgan fingerprint density at radius 3 is 2.71 bits per heavy atom. The summed E-state index contributed by atoms with van der Waals surface area (Å²) in [4.78, 5) is 43.7. The normalized spacial score (nSPS) is 14.8. The van der Waals surface area contributed by atoms with Crippen LogP contribution < -0.4 is 10.9 Å². The lowest BCUT2D eigenvalue weighted by molar-refractivity contribution is -0.137. The second kappa shape index (κ2) is 10.8. The standard InChI is InChI=1S/C25H24N4O4S2/c1-16-7-5-13-28-22(16)27-21(26-12-11-17-8-3-2-4-9-17)18(23(28)32)15-19-24(33)29(25(34)35-19)14-6-10-20(30)31/h2-5,7-9,13,15,26H,6,10-12,14H2,1H3,(H,30,31)/b19-15-. The zero-order chi connectivity index (χ0) is 24.9. The lowest BCUT2D eigenvalue weighted by Crippen LogP contribution is -2.29. The van der Waals surface area contributed by atoms with E-state index in [0.717, 1.165) is 29.3 Å². The van der Waals surface area contributed by atoms with Gasteiger partial charge in [-0.25, -0.2) is 4.98 Å². The number of aromatic nitrogens is 2. The number of benzene rings is 1. The van der Waals surface area contributed by atoms with Crippen LogP contribution in [-0.2, 0) is 16.0 Å². The topological polar surface area (TPSA) is 104 Å². The predicted molar refractivity (Wildman–Crippen MR) is 142 cm³/mol. The Bertz CT molecular complexity index is 1390. The average Bonchev–Trinajstić information content (AvgIpc) is 3.10. The number of thiocarbonyl (C=S) groups is 1. The van der Waals surface area contributed by atoms with Crippen LogP contribution in [0.25, 0.3) is 11.7 Å². The highest BCUT2D eigenvalue weighted by Crippen LogP contribution is 2.33. The summed E-state index contributed by atoms with van der Waals surface area (Å²) >= 11 is 6.44. The highest BCUT2D eigenvalue weighted by Gasteiger charge is 2.32. The van der Waals surface area contributed by atoms with Crippen LogP contribution in [0.4, 0.5) is 5.82 Å². The molecule has 35 heavy (non-hydrogen) atoms. The summed E-state index contributed by atoms with van der Waals surface area (Å²) in [6, 6.07) is 13.6. The van der Waals surface area contributed by atoms with Crippen LogP contribution in [0.2, 0.25) is 0 Å². The van der Waals surface area contributed by atoms with E-state index in [0.29, 0.717) is 33.7 Å². The van der Waals surface area contributed by atoms with Gasteiger partial charge in [0.1, 0.15) is 15.8 Å². The lowest BCUT2D eigenvalue weighted by atomic mass is 10.1. The van der Waals surface area contributed by atoms with Crippen molar-refractivity contribution in [1.82, 2.24) is 14.3 Å². The fourth-order valence-corrected chi connectivity index (χ4v) is 5.05. The van der Waals surface area contributed by atoms with E-state index < -0.39 is 5.97 Å². The van der Waals surface area contributed by atoms with Crippen molar-refractivity contribution < 1.29 is 14.7 Å². The fraction of sp³-hybridized carbons (Fsp3) is 0.240. The second-order valence-electron chi connectivity index (χ2n) is 8.06. The summed E-state index contributed by atoms with van der Waals surface area (Å²) in [5.41, 5.74) is 2.52. The highest BCUT2D eigenvalue weighted by atomic mass is 32.2. The molecule has 0 atom stereocenters. The first-order chi connectivity index (χ1) is 16.8. The number of anilines is 1. The van der Waals surface area contributed by atoms with Gasteiger partial charge in [-0.05, 0) is 43.0 Å². The van der Waals surface area contributed by atoms with Gasteiger partial charge in [0, 0.05) is 25.7 Å². The number of aryl methyl sites for hydroxylation is 1. The summed E-state index contributed by atoms with van der Waals surface area (Å²) < 4.78 is 1.81. The summed E-state index contributed by atoms with van der Waals surface area (Å²) in [6.07, 6.45) is 4.16. The molecule has 0 aliphatic carbocycles. The van der Waals surface area contributed by atoms with Crippen molar-refractivity contribution in [1.29, 1.82) is 0 Å². The molecule has 10 heteroatoms. The number of pyridine rings is 1. The number of hydrogen-bond acceptors (Lipinski definition) is 7. The van der Waals surface area contributed by atoms with Crippen molar-refractivity contribution in [3.8, 4) is 0 Å². The molecule has 1 aliphatic heterocycles. The molecule has 3 heterocycles. The average molecular weight is 509 g/mol. The molecule has 1 amide bonds. The SMILES string of the molecule is Cc1cccn2c(=O)c(/C=C3\SC(=S)N(CCCC(=O)O)C3=O)c(NCCc3ccccc3)nc12. The highest BCUT2D eigenvalue weighted by molar-refractivity contribution is 8.26. The molecular weight excluding hydrogens is 484 g/mol. The van der Waals surface area contributed by atoms with Crippen molar-refractivity contribution in [2.75, 3.05) is 18.4 Å². The molecule has 180 valence electrons. The van der Waals surface area contributed by atoms with Crippen LogP contribution in [-0.4, -0.2) is 48.7 Å². The molecule has 0 unspecified atom stereocenters. The third-order valence-corrected chi connectivity index (χ3v) is 6.93. The maximum Gasteiger partial charge on any atom is 0.303 e. The van der Waals surface area contributed by atoms with Crippen molar-refractivity contribution in [2.24, 2.45) is 0 Å². The van der Waals surface area contributed by atoms with E-state index in [-0.39, 0.29) is 30.0 Å². The Balaban J connectivity index is 1.66. The number of hydrogen-bond donors (Lipinski definition) is 2. The van der Waals surface area contributed by atoms with E-state index >= 15 is 0 Å². The molecule has 1 aromatic carbocycles. The number of amides is 1. The number of fused-ring (bicyclic) bond motifs is 1. The molecule has 3 aromatic rings. The van der Waals surface area contributed by atoms with Gasteiger partial charge in [-0.1, -0.05) is 60.4 Å². The van der Waals surface area contributed by atoms with Crippen LogP contribution in [0, 0.1) is 6.92 Å². The van der Waals surface area contributed by atoms with Gasteiger partial charge >= 0.3 is 5.97 Å². The first kappa shape index (κ1) is 24.6. The molecule has 0 saturated carbocycles. The van der Waals surface area contributed by atoms with Crippen molar-refractivity contribution in [3.05, 3.63) is 80.6 Å². The maximum absolute atomic E-state index is 13.4. The van der Waals surface area contributed by atoms with Crippen LogP contribution in [0.3, 0.4) is 0 Å². The summed E-state index contributed by atoms with van der Waals surface area (Å²) in [5, 5.41) is 12.2. The first-order valence-corrected chi connectivity index (χ1v) is 12.3. The zero-order valence-electron chi connectivity index (χ0n) is 19.1. The fourth-order valence-electron chi connectivity index (χ4n) is 3.76. The number of carbonyl (C=O) groups excluding carboxylic acids is 1. The number of carbonyl (C=O) groups is 2. The monoisotopic (exact) mass is 508 g/mol. The number of carboxylic acid groups (broad SMARTS) is 1. The Hall–Kier alpha value is -3.50. The Labute approximate surface area is 211 Å². The third kappa shape index (κ3) is 5.60. The summed E-state index contributed by atoms with van der Waals surface area (Å²) in [5.74, 6) is -0.867. The number of nitrogens with one attached hydrogen (secondary N) is 1. The third-order valence-electron chi connectivity index (χ3n) is 5.55. The Morgan fingerprint density at radius 2 is 1.97 bits per heavy atom. The van der Waals surface area contributed by atoms with E-state index in [2.05, 4.69) is 5.32 Å². The molecule has 2 aromatic heterocycles. The predicted octanol–water partition coefficient (Wildman–Crippen LogP) is 3.72. The minimum atomic E-state index is -0.928. The second-order valence-corrected chi connectivity index (χ2v) is 9.73. The molecule has 4 rings (SSSR count). The van der Waals surface area contributed by atoms with E-state index in [1.165, 1.54) is 15.4 Å². The molecule has 0 spiro atoms. The van der Waals surface area contributed by atoms with Crippen molar-refractivity contribution in [3.63, 3.8) is 0 Å². The van der Waals surface area contributed by atoms with Crippen molar-refractivity contribution in [2.45, 2.75) is 26.2 Å². The maximum atomic E-state index is 13.4. The van der Waals surface area contributed by atoms with Crippen LogP contribution in [0.1, 0.15) is 29.5 Å². The van der Waals surface area contributed by atoms with Gasteiger partial charge in [-0.2, -0.15) is 0 Å². The van der Waals surface area contributed by atoms with Gasteiger partial charge in [0.05, 0.1) is 10.5 Å². The summed E-state index contributed by atoms with van der Waals surface area (Å²) in [7, 11) is 0. The number of nitrogens with zero attached hydrogens (tertiary/aromatic N) is 3. The van der Waals surface area contributed by atoms with E-state index in [1.807, 2.05) is 43.3 Å². The number of rotatable bonds is 9. The Morgan fingerprint density at radius 1 is 1.20 bits per heavy atom. The molecule has 8 nitrogen and oxygen atoms in total. The molecule has 1 saturated heterocycles. The van der Waals surface area contributed by atoms with Gasteiger partial charge in [-0.3, -0.25) is 23.7 Å². The lowest BCUT2D eigenvalue weighted by Gasteiger charge is -2.13. The minimum Gasteiger partial charge on any atom is -0.481 e. The molecular formula is C25H24N4O4S2. The number of thioether (sulfide) groups is 1. The summed E-state index contributed by atoms with van der Waals surface area (Å²) in [6.45, 7) is 2.65. The Kier molecular flexibility index (Phi) is 7.62. The molecule has 2 N–H and O–H groups in total. The quantitative estimate of drug-likeness (QED) is 0.333. The zero-order valence-corrected chi connectivity index (χ0v) is 20.7. The van der Waals surface area contributed by atoms with Crippen LogP contribution in [0.5, 0.6) is 0 Å². The minimum absolute atomic E-state index is 0.0547. The van der Waals surface area contributed by atoms with Gasteiger partial charge in [0.25, 0.3) is 11.5 Å². The number of aliphatic carboxylic acids is 1. The molecule has 1 aliphatic rings. The molecule has 1 fully saturated rings. The number of carboxylic acids is 1. The van der Waals surface area contributed by atoms with E-state index in [4.69, 9.17) is 22.3 Å². The van der Waals surface area contributed by atoms with Crippen LogP contribution >= 0.6 is 24.0 Å². The van der Waals surface area contributed by atoms with E-state index in [9.17, 15) is 14.4 Å². The molecule has 0 radical (unpaired) electrons. The van der Waals surface area contributed by atoms with Crippen molar-refractivity contribution >= 4 is 57.7 Å².